The quantitative estimate of drug-likeness (QED) is 0.0533. The van der Waals surface area contributed by atoms with Crippen LogP contribution in [-0.4, -0.2) is 154 Å². The Balaban J connectivity index is 0.000000148. The van der Waals surface area contributed by atoms with E-state index in [1.165, 1.54) is 12.1 Å². The molecule has 23 nitrogen and oxygen atoms in total. The maximum atomic E-state index is 15.0. The molecule has 3 aliphatic carbocycles. The Morgan fingerprint density at radius 3 is 1.82 bits per heavy atom. The maximum absolute atomic E-state index is 15.0. The highest BCUT2D eigenvalue weighted by molar-refractivity contribution is 5.99. The Kier molecular flexibility index (Phi) is 21.0. The normalized spacial score (nSPS) is 19.2. The zero-order chi connectivity index (χ0) is 67.5. The Labute approximate surface area is 553 Å². The van der Waals surface area contributed by atoms with E-state index in [1.54, 1.807) is 49.6 Å². The number of nitriles is 3. The summed E-state index contributed by atoms with van der Waals surface area (Å²) in [6, 6.07) is 36.6. The Morgan fingerprint density at radius 1 is 0.677 bits per heavy atom. The molecule has 3 saturated heterocycles. The minimum Gasteiger partial charge on any atom is -0.489 e. The van der Waals surface area contributed by atoms with E-state index in [0.29, 0.717) is 102 Å². The lowest BCUT2D eigenvalue weighted by atomic mass is 10.0. The maximum Gasteiger partial charge on any atom is 0.301 e. The lowest BCUT2D eigenvalue weighted by Gasteiger charge is -2.37. The molecule has 6 heterocycles. The summed E-state index contributed by atoms with van der Waals surface area (Å²) in [6.07, 6.45) is 8.68. The number of nitrogens with one attached hydrogen (secondary N) is 4. The smallest absolute Gasteiger partial charge is 0.301 e. The topological polar surface area (TPSA) is 316 Å². The number of benzene rings is 4. The van der Waals surface area contributed by atoms with Crippen LogP contribution in [0.25, 0.3) is 33.5 Å². The van der Waals surface area contributed by atoms with E-state index in [-0.39, 0.29) is 71.9 Å². The number of pyridine rings is 2. The summed E-state index contributed by atoms with van der Waals surface area (Å²) in [5, 5.41) is 53.6. The van der Waals surface area contributed by atoms with E-state index in [2.05, 4.69) is 58.1 Å². The van der Waals surface area contributed by atoms with Gasteiger partial charge in [-0.25, -0.2) is 18.7 Å². The lowest BCUT2D eigenvalue weighted by Crippen LogP contribution is -2.55. The van der Waals surface area contributed by atoms with Gasteiger partial charge in [0.15, 0.2) is 6.10 Å². The Morgan fingerprint density at radius 2 is 1.25 bits per heavy atom. The molecule has 4 amide bonds. The molecule has 4 aromatic carbocycles. The van der Waals surface area contributed by atoms with Gasteiger partial charge < -0.3 is 54.5 Å². The van der Waals surface area contributed by atoms with Crippen LogP contribution in [0.3, 0.4) is 0 Å². The average molecular weight is 1310 g/mol. The van der Waals surface area contributed by atoms with Gasteiger partial charge in [0.25, 0.3) is 11.8 Å². The van der Waals surface area contributed by atoms with Gasteiger partial charge in [-0.05, 0) is 160 Å². The molecule has 25 heteroatoms. The number of aliphatic hydroxyl groups is 1. The molecule has 96 heavy (non-hydrogen) atoms. The number of carbonyl (C=O) groups is 4. The van der Waals surface area contributed by atoms with E-state index in [1.807, 2.05) is 80.8 Å². The van der Waals surface area contributed by atoms with E-state index in [0.717, 1.165) is 78.6 Å². The number of amides is 4. The number of H-pyrrole nitrogens is 1. The largest absolute Gasteiger partial charge is 0.489 e. The zero-order valence-corrected chi connectivity index (χ0v) is 53.4. The Hall–Kier alpha value is -10.2. The number of halogens is 2. The van der Waals surface area contributed by atoms with E-state index in [9.17, 15) is 48.9 Å². The highest BCUT2D eigenvalue weighted by atomic mass is 19.3. The van der Waals surface area contributed by atoms with Crippen molar-refractivity contribution in [2.45, 2.75) is 101 Å². The van der Waals surface area contributed by atoms with Crippen molar-refractivity contribution in [3.05, 3.63) is 144 Å². The molecule has 7 aromatic rings. The summed E-state index contributed by atoms with van der Waals surface area (Å²) >= 11 is 0. The van der Waals surface area contributed by atoms with Gasteiger partial charge in [0.1, 0.15) is 64.9 Å². The molecule has 3 aromatic heterocycles. The molecule has 6 aliphatic rings. The van der Waals surface area contributed by atoms with Crippen molar-refractivity contribution in [3.8, 4) is 69.0 Å². The van der Waals surface area contributed by atoms with Gasteiger partial charge in [0, 0.05) is 86.4 Å². The Bertz CT molecular complexity index is 4130. The summed E-state index contributed by atoms with van der Waals surface area (Å²) in [4.78, 5) is 64.7. The number of hydrogen-bond donors (Lipinski definition) is 5. The van der Waals surface area contributed by atoms with Crippen molar-refractivity contribution in [3.63, 3.8) is 0 Å². The van der Waals surface area contributed by atoms with Crippen molar-refractivity contribution in [2.75, 3.05) is 76.1 Å². The lowest BCUT2D eigenvalue weighted by molar-refractivity contribution is -0.132. The average Bonchev–Trinajstić information content (AvgIpc) is 1.35. The zero-order valence-electron chi connectivity index (χ0n) is 53.4. The molecule has 3 saturated carbocycles. The van der Waals surface area contributed by atoms with Crippen LogP contribution in [0.1, 0.15) is 97.3 Å². The minimum absolute atomic E-state index is 0.0125. The van der Waals surface area contributed by atoms with Crippen LogP contribution in [0.5, 0.6) is 17.2 Å². The highest BCUT2D eigenvalue weighted by Crippen LogP contribution is 2.41. The monoisotopic (exact) mass is 1310 g/mol. The van der Waals surface area contributed by atoms with Crippen LogP contribution in [-0.2, 0) is 23.9 Å². The fourth-order valence-electron chi connectivity index (χ4n) is 11.4. The summed E-state index contributed by atoms with van der Waals surface area (Å²) in [5.74, 6) is -1.96. The van der Waals surface area contributed by atoms with Crippen LogP contribution in [0.4, 0.5) is 26.0 Å². The standard InChI is InChI=1S/C25H23F2N7O3.C24H28N4O3.C22H22N2O4/c1-14-30-22(33-32-14)24(36)34-9-7-21(25(26,27)13-34)37-20-5-4-16(10-17(20)12-28)19-11-18(6-8-29-19)31-23(35)15-2-3-15;1-28(2)15-19-12-21(19)24(29)27-23-13-17(5-8-26-23)16-3-4-22(18(11-16)14-25)31-20-6-9-30-10-7-20;23-14-17-12-16(4-5-20(17)28-19-6-10-27-11-7-19)15-2-1-3-18(13-15)24-21(25)22(26)8-9-22/h4-6,8,10-11,15,21H,2-3,7,9,13H2,1H3,(H,29,31,35)(H,30,32,33);3-5,8,11,13,19-21H,6-7,9-10,12,15H2,1-2H3,(H,26,27,29);1-5,12-13,19,26H,6-11H2,(H,24,25)/t21-;19-,21+;/m00./s1. The first-order valence-corrected chi connectivity index (χ1v) is 32.0. The number of aromatic amines is 1. The predicted molar refractivity (Wildman–Crippen MR) is 348 cm³/mol. The molecular weight excluding hydrogens is 1230 g/mol. The van der Waals surface area contributed by atoms with Crippen LogP contribution in [0.15, 0.2) is 116 Å². The van der Waals surface area contributed by atoms with Crippen molar-refractivity contribution >= 4 is 40.8 Å². The van der Waals surface area contributed by atoms with Gasteiger partial charge in [0.2, 0.25) is 17.6 Å². The SMILES string of the molecule is CN(C)C[C@@H]1C[C@H]1C(=O)Nc1cc(-c2ccc(OC3CCOCC3)c(C#N)c2)ccn1.Cc1nc(C(=O)N2CC[C@H](Oc3ccc(-c4cc(NC(=O)C5CC5)ccn4)cc3C#N)C(F)(F)C2)n[nH]1.N#Cc1cc(-c2cccc(NC(=O)C3(O)CC3)c2)ccc1OC1CCOCC1. The number of likely N-dealkylation sites (tertiary alicyclic amines) is 1. The van der Waals surface area contributed by atoms with E-state index < -0.39 is 30.1 Å². The van der Waals surface area contributed by atoms with Gasteiger partial charge in [-0.1, -0.05) is 24.3 Å². The van der Waals surface area contributed by atoms with Gasteiger partial charge in [-0.15, -0.1) is 5.10 Å². The van der Waals surface area contributed by atoms with Gasteiger partial charge in [0.05, 0.1) is 55.4 Å². The molecule has 0 bridgehead atoms. The number of rotatable bonds is 18. The molecule has 0 spiro atoms. The van der Waals surface area contributed by atoms with Crippen molar-refractivity contribution in [1.29, 1.82) is 15.8 Å². The summed E-state index contributed by atoms with van der Waals surface area (Å²) in [7, 11) is 4.04. The number of aryl methyl sites for hydroxylation is 1. The first kappa shape index (κ1) is 67.2. The number of ether oxygens (including phenoxy) is 5. The van der Waals surface area contributed by atoms with Crippen LogP contribution in [0, 0.1) is 58.7 Å². The van der Waals surface area contributed by atoms with Gasteiger partial charge in [-0.2, -0.15) is 15.8 Å². The summed E-state index contributed by atoms with van der Waals surface area (Å²) < 4.78 is 58.3. The van der Waals surface area contributed by atoms with E-state index >= 15 is 0 Å². The van der Waals surface area contributed by atoms with Crippen LogP contribution in [0.2, 0.25) is 0 Å². The molecule has 3 atom stereocenters. The third-order valence-corrected chi connectivity index (χ3v) is 17.2. The number of hydrogen-bond acceptors (Lipinski definition) is 18. The molecular formula is C71H73F2N13O10. The molecule has 496 valence electrons. The second kappa shape index (κ2) is 30.0. The number of alkyl halides is 2. The molecule has 0 unspecified atom stereocenters. The minimum atomic E-state index is -3.36. The highest BCUT2D eigenvalue weighted by Gasteiger charge is 2.49. The number of aromatic nitrogens is 5. The third kappa shape index (κ3) is 17.4. The van der Waals surface area contributed by atoms with Gasteiger partial charge in [-0.3, -0.25) is 29.3 Å². The second-order valence-electron chi connectivity index (χ2n) is 25.0. The fraction of sp³-hybridized carbons (Fsp3) is 0.394. The first-order chi connectivity index (χ1) is 46.3. The van der Waals surface area contributed by atoms with Crippen molar-refractivity contribution < 1.29 is 56.7 Å². The molecule has 6 fully saturated rings. The number of nitrogens with zero attached hydrogens (tertiary/aromatic N) is 9. The molecule has 3 aliphatic heterocycles. The van der Waals surface area contributed by atoms with Crippen molar-refractivity contribution in [2.24, 2.45) is 17.8 Å². The third-order valence-electron chi connectivity index (χ3n) is 17.2. The molecule has 13 rings (SSSR count). The second-order valence-corrected chi connectivity index (χ2v) is 25.0. The summed E-state index contributed by atoms with van der Waals surface area (Å²) in [6.45, 7) is 4.43. The fourth-order valence-corrected chi connectivity index (χ4v) is 11.4. The molecule has 5 N–H and O–H groups in total. The van der Waals surface area contributed by atoms with Crippen LogP contribution >= 0.6 is 0 Å². The van der Waals surface area contributed by atoms with E-state index in [4.69, 9.17) is 23.7 Å². The predicted octanol–water partition coefficient (Wildman–Crippen LogP) is 9.88. The number of piperidine rings is 1. The number of carbonyl (C=O) groups excluding carboxylic acids is 4. The number of anilines is 3. The van der Waals surface area contributed by atoms with Gasteiger partial charge >= 0.3 is 5.92 Å². The summed E-state index contributed by atoms with van der Waals surface area (Å²) in [5.41, 5.74) is 5.60. The molecule has 0 radical (unpaired) electrons. The first-order valence-electron chi connectivity index (χ1n) is 32.0. The van der Waals surface area contributed by atoms with Crippen molar-refractivity contribution in [1.82, 2.24) is 34.9 Å². The van der Waals surface area contributed by atoms with Crippen LogP contribution < -0.4 is 30.2 Å².